The van der Waals surface area contributed by atoms with Gasteiger partial charge in [-0.15, -0.1) is 0 Å². The SMILES string of the molecule is O=C1CCC(NC(=O)c2cc(C(=O)O)ccn2)C(=O)N1. The highest BCUT2D eigenvalue weighted by atomic mass is 16.4. The molecular weight excluding hydrogens is 266 g/mol. The number of pyridine rings is 1. The zero-order valence-corrected chi connectivity index (χ0v) is 10.3. The number of amides is 3. The molecule has 3 amide bonds. The van der Waals surface area contributed by atoms with Gasteiger partial charge in [-0.2, -0.15) is 0 Å². The van der Waals surface area contributed by atoms with E-state index in [-0.39, 0.29) is 30.0 Å². The van der Waals surface area contributed by atoms with Gasteiger partial charge in [0.15, 0.2) is 0 Å². The maximum Gasteiger partial charge on any atom is 0.335 e. The predicted octanol–water partition coefficient (Wildman–Crippen LogP) is -0.685. The van der Waals surface area contributed by atoms with Crippen molar-refractivity contribution in [3.8, 4) is 0 Å². The standard InChI is InChI=1S/C12H11N3O5/c16-9-2-1-7(10(17)15-9)14-11(18)8-5-6(12(19)20)3-4-13-8/h3-5,7H,1-2H2,(H,14,18)(H,19,20)(H,15,16,17). The van der Waals surface area contributed by atoms with Crippen LogP contribution in [0.5, 0.6) is 0 Å². The van der Waals surface area contributed by atoms with Crippen molar-refractivity contribution >= 4 is 23.7 Å². The Hall–Kier alpha value is -2.77. The molecule has 1 aromatic rings. The van der Waals surface area contributed by atoms with E-state index in [0.717, 1.165) is 6.07 Å². The molecule has 104 valence electrons. The number of carbonyl (C=O) groups is 4. The summed E-state index contributed by atoms with van der Waals surface area (Å²) in [6, 6.07) is 1.55. The molecule has 1 aliphatic rings. The molecule has 2 rings (SSSR count). The highest BCUT2D eigenvalue weighted by Crippen LogP contribution is 2.07. The molecule has 1 atom stereocenters. The molecular formula is C12H11N3O5. The van der Waals surface area contributed by atoms with Gasteiger partial charge >= 0.3 is 5.97 Å². The number of aromatic carboxylic acids is 1. The van der Waals surface area contributed by atoms with Crippen molar-refractivity contribution in [3.05, 3.63) is 29.6 Å². The Morgan fingerprint density at radius 3 is 2.80 bits per heavy atom. The number of carboxylic acids is 1. The Balaban J connectivity index is 2.08. The van der Waals surface area contributed by atoms with E-state index < -0.39 is 23.8 Å². The van der Waals surface area contributed by atoms with Crippen molar-refractivity contribution in [2.24, 2.45) is 0 Å². The van der Waals surface area contributed by atoms with Gasteiger partial charge in [0.1, 0.15) is 11.7 Å². The molecule has 1 aliphatic heterocycles. The summed E-state index contributed by atoms with van der Waals surface area (Å²) in [6.45, 7) is 0. The molecule has 0 bridgehead atoms. The summed E-state index contributed by atoms with van der Waals surface area (Å²) in [4.78, 5) is 48.9. The number of imide groups is 1. The monoisotopic (exact) mass is 277 g/mol. The molecule has 2 heterocycles. The third kappa shape index (κ3) is 2.97. The number of hydrogen-bond acceptors (Lipinski definition) is 5. The summed E-state index contributed by atoms with van der Waals surface area (Å²) in [6.07, 6.45) is 1.54. The Morgan fingerprint density at radius 2 is 2.15 bits per heavy atom. The highest BCUT2D eigenvalue weighted by Gasteiger charge is 2.28. The van der Waals surface area contributed by atoms with Crippen LogP contribution >= 0.6 is 0 Å². The lowest BCUT2D eigenvalue weighted by Crippen LogP contribution is -2.52. The van der Waals surface area contributed by atoms with Crippen molar-refractivity contribution in [1.29, 1.82) is 0 Å². The van der Waals surface area contributed by atoms with Gasteiger partial charge in [0.25, 0.3) is 5.91 Å². The van der Waals surface area contributed by atoms with E-state index in [4.69, 9.17) is 5.11 Å². The summed E-state index contributed by atoms with van der Waals surface area (Å²) >= 11 is 0. The third-order valence-electron chi connectivity index (χ3n) is 2.78. The fourth-order valence-corrected chi connectivity index (χ4v) is 1.75. The summed E-state index contributed by atoms with van der Waals surface area (Å²) in [5.41, 5.74) is -0.178. The minimum atomic E-state index is -1.18. The van der Waals surface area contributed by atoms with Crippen molar-refractivity contribution in [1.82, 2.24) is 15.6 Å². The number of aromatic nitrogens is 1. The van der Waals surface area contributed by atoms with Gasteiger partial charge in [0.05, 0.1) is 5.56 Å². The molecule has 0 aliphatic carbocycles. The Kier molecular flexibility index (Phi) is 3.74. The highest BCUT2D eigenvalue weighted by molar-refractivity contribution is 6.03. The molecule has 1 aromatic heterocycles. The van der Waals surface area contributed by atoms with Crippen molar-refractivity contribution in [2.75, 3.05) is 0 Å². The molecule has 8 nitrogen and oxygen atoms in total. The van der Waals surface area contributed by atoms with Crippen molar-refractivity contribution in [2.45, 2.75) is 18.9 Å². The van der Waals surface area contributed by atoms with E-state index in [9.17, 15) is 19.2 Å². The molecule has 8 heteroatoms. The molecule has 0 spiro atoms. The van der Waals surface area contributed by atoms with Gasteiger partial charge in [0.2, 0.25) is 11.8 Å². The molecule has 3 N–H and O–H groups in total. The molecule has 1 unspecified atom stereocenters. The second-order valence-corrected chi connectivity index (χ2v) is 4.21. The van der Waals surface area contributed by atoms with Gasteiger partial charge in [0, 0.05) is 12.6 Å². The number of carbonyl (C=O) groups excluding carboxylic acids is 3. The average Bonchev–Trinajstić information content (AvgIpc) is 2.42. The van der Waals surface area contributed by atoms with Crippen LogP contribution in [0.3, 0.4) is 0 Å². The fraction of sp³-hybridized carbons (Fsp3) is 0.250. The maximum atomic E-state index is 11.9. The minimum absolute atomic E-state index is 0.0755. The molecule has 1 saturated heterocycles. The quantitative estimate of drug-likeness (QED) is 0.628. The number of hydrogen-bond donors (Lipinski definition) is 3. The first kappa shape index (κ1) is 13.7. The van der Waals surface area contributed by atoms with Gasteiger partial charge in [-0.3, -0.25) is 24.7 Å². The predicted molar refractivity (Wildman–Crippen MR) is 64.8 cm³/mol. The normalized spacial score (nSPS) is 18.3. The number of rotatable bonds is 3. The van der Waals surface area contributed by atoms with Gasteiger partial charge in [-0.05, 0) is 18.6 Å². The van der Waals surface area contributed by atoms with Crippen LogP contribution < -0.4 is 10.6 Å². The maximum absolute atomic E-state index is 11.9. The first-order chi connectivity index (χ1) is 9.47. The lowest BCUT2D eigenvalue weighted by atomic mass is 10.1. The summed E-state index contributed by atoms with van der Waals surface area (Å²) in [5, 5.41) is 13.3. The van der Waals surface area contributed by atoms with Crippen LogP contribution in [0, 0.1) is 0 Å². The van der Waals surface area contributed by atoms with Crippen LogP contribution in [0.4, 0.5) is 0 Å². The van der Waals surface area contributed by atoms with Gasteiger partial charge in [-0.25, -0.2) is 4.79 Å². The minimum Gasteiger partial charge on any atom is -0.478 e. The van der Waals surface area contributed by atoms with Crippen LogP contribution in [-0.4, -0.2) is 39.8 Å². The van der Waals surface area contributed by atoms with E-state index in [2.05, 4.69) is 15.6 Å². The van der Waals surface area contributed by atoms with Crippen LogP contribution in [0.1, 0.15) is 33.7 Å². The van der Waals surface area contributed by atoms with Gasteiger partial charge < -0.3 is 10.4 Å². The molecule has 1 fully saturated rings. The number of carboxylic acid groups (broad SMARTS) is 1. The van der Waals surface area contributed by atoms with E-state index in [1.807, 2.05) is 0 Å². The number of nitrogens with zero attached hydrogens (tertiary/aromatic N) is 1. The van der Waals surface area contributed by atoms with E-state index >= 15 is 0 Å². The summed E-state index contributed by atoms with van der Waals surface area (Å²) in [5.74, 6) is -2.81. The number of nitrogens with one attached hydrogen (secondary N) is 2. The number of piperidine rings is 1. The Morgan fingerprint density at radius 1 is 1.40 bits per heavy atom. The lowest BCUT2D eigenvalue weighted by molar-refractivity contribution is -0.134. The lowest BCUT2D eigenvalue weighted by Gasteiger charge is -2.21. The van der Waals surface area contributed by atoms with E-state index in [1.54, 1.807) is 0 Å². The van der Waals surface area contributed by atoms with Crippen LogP contribution in [0.25, 0.3) is 0 Å². The molecule has 0 saturated carbocycles. The molecule has 0 aromatic carbocycles. The van der Waals surface area contributed by atoms with E-state index in [0.29, 0.717) is 0 Å². The topological polar surface area (TPSA) is 125 Å². The first-order valence-electron chi connectivity index (χ1n) is 5.81. The first-order valence-corrected chi connectivity index (χ1v) is 5.81. The van der Waals surface area contributed by atoms with Crippen LogP contribution in [-0.2, 0) is 9.59 Å². The fourth-order valence-electron chi connectivity index (χ4n) is 1.75. The van der Waals surface area contributed by atoms with Crippen molar-refractivity contribution in [3.63, 3.8) is 0 Å². The van der Waals surface area contributed by atoms with Gasteiger partial charge in [-0.1, -0.05) is 0 Å². The third-order valence-corrected chi connectivity index (χ3v) is 2.78. The zero-order chi connectivity index (χ0) is 14.7. The summed E-state index contributed by atoms with van der Waals surface area (Å²) in [7, 11) is 0. The zero-order valence-electron chi connectivity index (χ0n) is 10.3. The second kappa shape index (κ2) is 5.47. The van der Waals surface area contributed by atoms with Crippen molar-refractivity contribution < 1.29 is 24.3 Å². The second-order valence-electron chi connectivity index (χ2n) is 4.21. The average molecular weight is 277 g/mol. The Bertz CT molecular complexity index is 599. The molecule has 0 radical (unpaired) electrons. The smallest absolute Gasteiger partial charge is 0.335 e. The molecule has 20 heavy (non-hydrogen) atoms. The largest absolute Gasteiger partial charge is 0.478 e. The van der Waals surface area contributed by atoms with Crippen LogP contribution in [0.2, 0.25) is 0 Å². The van der Waals surface area contributed by atoms with Crippen LogP contribution in [0.15, 0.2) is 18.3 Å². The summed E-state index contributed by atoms with van der Waals surface area (Å²) < 4.78 is 0. The van der Waals surface area contributed by atoms with E-state index in [1.165, 1.54) is 12.3 Å². The Labute approximate surface area is 113 Å².